The second-order valence-corrected chi connectivity index (χ2v) is 4.65. The molecule has 1 fully saturated rings. The monoisotopic (exact) mass is 258 g/mol. The Labute approximate surface area is 105 Å². The van der Waals surface area contributed by atoms with Crippen molar-refractivity contribution in [2.24, 2.45) is 0 Å². The molecule has 0 N–H and O–H groups in total. The Morgan fingerprint density at radius 2 is 2.17 bits per heavy atom. The van der Waals surface area contributed by atoms with Crippen LogP contribution in [0, 0.1) is 0 Å². The standard InChI is InChI=1S/C13H17F3N2/c1-2-11-5-3-4-8-18(11)12-9-10(6-7-17-12)13(14,15)16/h6-7,9,11H,2-5,8H2,1H3. The molecule has 2 nitrogen and oxygen atoms in total. The van der Waals surface area contributed by atoms with E-state index in [1.165, 1.54) is 6.20 Å². The Balaban J connectivity index is 2.27. The molecule has 1 aromatic heterocycles. The molecule has 0 amide bonds. The van der Waals surface area contributed by atoms with Crippen LogP contribution in [-0.2, 0) is 6.18 Å². The molecule has 1 aliphatic heterocycles. The lowest BCUT2D eigenvalue weighted by atomic mass is 10.00. The maximum atomic E-state index is 12.7. The highest BCUT2D eigenvalue weighted by Crippen LogP contribution is 2.32. The molecule has 2 heterocycles. The van der Waals surface area contributed by atoms with Gasteiger partial charge in [-0.05, 0) is 37.8 Å². The van der Waals surface area contributed by atoms with E-state index in [-0.39, 0.29) is 0 Å². The molecule has 1 unspecified atom stereocenters. The third kappa shape index (κ3) is 2.76. The van der Waals surface area contributed by atoms with Gasteiger partial charge in [0.25, 0.3) is 0 Å². The van der Waals surface area contributed by atoms with Crippen LogP contribution in [0.2, 0.25) is 0 Å². The quantitative estimate of drug-likeness (QED) is 0.800. The zero-order chi connectivity index (χ0) is 13.2. The summed E-state index contributed by atoms with van der Waals surface area (Å²) in [6, 6.07) is 2.50. The first-order chi connectivity index (χ1) is 8.52. The summed E-state index contributed by atoms with van der Waals surface area (Å²) >= 11 is 0. The average Bonchev–Trinajstić information content (AvgIpc) is 2.38. The van der Waals surface area contributed by atoms with Crippen molar-refractivity contribution in [1.82, 2.24) is 4.98 Å². The lowest BCUT2D eigenvalue weighted by Crippen LogP contribution is -2.39. The van der Waals surface area contributed by atoms with Crippen LogP contribution < -0.4 is 4.90 Å². The number of pyridine rings is 1. The molecule has 1 atom stereocenters. The van der Waals surface area contributed by atoms with Crippen molar-refractivity contribution in [3.63, 3.8) is 0 Å². The third-order valence-electron chi connectivity index (χ3n) is 3.47. The molecule has 0 saturated carbocycles. The summed E-state index contributed by atoms with van der Waals surface area (Å²) in [6.07, 6.45) is 1.10. The van der Waals surface area contributed by atoms with E-state index >= 15 is 0 Å². The van der Waals surface area contributed by atoms with E-state index in [4.69, 9.17) is 0 Å². The predicted octanol–water partition coefficient (Wildman–Crippen LogP) is 3.87. The number of alkyl halides is 3. The SMILES string of the molecule is CCC1CCCCN1c1cc(C(F)(F)F)ccn1. The highest BCUT2D eigenvalue weighted by Gasteiger charge is 2.32. The van der Waals surface area contributed by atoms with Gasteiger partial charge >= 0.3 is 6.18 Å². The first kappa shape index (κ1) is 13.2. The summed E-state index contributed by atoms with van der Waals surface area (Å²) in [5.41, 5.74) is -0.618. The van der Waals surface area contributed by atoms with E-state index in [9.17, 15) is 13.2 Å². The summed E-state index contributed by atoms with van der Waals surface area (Å²) < 4.78 is 38.0. The van der Waals surface area contributed by atoms with Gasteiger partial charge in [0.2, 0.25) is 0 Å². The molecular formula is C13H17F3N2. The summed E-state index contributed by atoms with van der Waals surface area (Å²) in [6.45, 7) is 2.86. The van der Waals surface area contributed by atoms with Crippen LogP contribution in [0.15, 0.2) is 18.3 Å². The maximum Gasteiger partial charge on any atom is 0.416 e. The fourth-order valence-electron chi connectivity index (χ4n) is 2.48. The molecule has 18 heavy (non-hydrogen) atoms. The van der Waals surface area contributed by atoms with Crippen molar-refractivity contribution in [3.8, 4) is 0 Å². The zero-order valence-electron chi connectivity index (χ0n) is 10.4. The number of nitrogens with zero attached hydrogens (tertiary/aromatic N) is 2. The summed E-state index contributed by atoms with van der Waals surface area (Å²) in [4.78, 5) is 6.11. The highest BCUT2D eigenvalue weighted by atomic mass is 19.4. The minimum atomic E-state index is -4.30. The van der Waals surface area contributed by atoms with Gasteiger partial charge in [0, 0.05) is 18.8 Å². The molecule has 0 spiro atoms. The van der Waals surface area contributed by atoms with Crippen LogP contribution in [-0.4, -0.2) is 17.6 Å². The van der Waals surface area contributed by atoms with Crippen molar-refractivity contribution in [2.75, 3.05) is 11.4 Å². The molecule has 0 aromatic carbocycles. The van der Waals surface area contributed by atoms with Crippen LogP contribution in [0.1, 0.15) is 38.2 Å². The fraction of sp³-hybridized carbons (Fsp3) is 0.615. The van der Waals surface area contributed by atoms with Gasteiger partial charge in [-0.2, -0.15) is 13.2 Å². The van der Waals surface area contributed by atoms with Crippen molar-refractivity contribution in [1.29, 1.82) is 0 Å². The van der Waals surface area contributed by atoms with Crippen molar-refractivity contribution < 1.29 is 13.2 Å². The lowest BCUT2D eigenvalue weighted by Gasteiger charge is -2.36. The number of hydrogen-bond donors (Lipinski definition) is 0. The number of aromatic nitrogens is 1. The topological polar surface area (TPSA) is 16.1 Å². The number of halogens is 3. The van der Waals surface area contributed by atoms with E-state index in [2.05, 4.69) is 11.9 Å². The van der Waals surface area contributed by atoms with E-state index in [0.717, 1.165) is 44.4 Å². The van der Waals surface area contributed by atoms with Gasteiger partial charge in [0.1, 0.15) is 5.82 Å². The van der Waals surface area contributed by atoms with Gasteiger partial charge in [-0.1, -0.05) is 6.92 Å². The minimum Gasteiger partial charge on any atom is -0.354 e. The maximum absolute atomic E-state index is 12.7. The number of anilines is 1. The normalized spacial score (nSPS) is 21.1. The number of piperidine rings is 1. The van der Waals surface area contributed by atoms with Crippen molar-refractivity contribution in [3.05, 3.63) is 23.9 Å². The summed E-state index contributed by atoms with van der Waals surface area (Å²) in [5, 5.41) is 0. The molecule has 1 saturated heterocycles. The molecular weight excluding hydrogens is 241 g/mol. The zero-order valence-corrected chi connectivity index (χ0v) is 10.4. The second-order valence-electron chi connectivity index (χ2n) is 4.65. The van der Waals surface area contributed by atoms with Crippen LogP contribution in [0.25, 0.3) is 0 Å². The van der Waals surface area contributed by atoms with Gasteiger partial charge in [0.05, 0.1) is 5.56 Å². The lowest BCUT2D eigenvalue weighted by molar-refractivity contribution is -0.137. The van der Waals surface area contributed by atoms with Crippen LogP contribution in [0.4, 0.5) is 19.0 Å². The second kappa shape index (κ2) is 5.16. The Hall–Kier alpha value is -1.26. The van der Waals surface area contributed by atoms with Crippen LogP contribution >= 0.6 is 0 Å². The molecule has 5 heteroatoms. The fourth-order valence-corrected chi connectivity index (χ4v) is 2.48. The predicted molar refractivity (Wildman–Crippen MR) is 64.5 cm³/mol. The van der Waals surface area contributed by atoms with E-state index < -0.39 is 11.7 Å². The van der Waals surface area contributed by atoms with Crippen LogP contribution in [0.5, 0.6) is 0 Å². The molecule has 100 valence electrons. The third-order valence-corrected chi connectivity index (χ3v) is 3.47. The number of hydrogen-bond acceptors (Lipinski definition) is 2. The molecule has 1 aliphatic rings. The largest absolute Gasteiger partial charge is 0.416 e. The Kier molecular flexibility index (Phi) is 3.78. The van der Waals surface area contributed by atoms with Gasteiger partial charge in [-0.3, -0.25) is 0 Å². The van der Waals surface area contributed by atoms with Crippen LogP contribution in [0.3, 0.4) is 0 Å². The first-order valence-corrected chi connectivity index (χ1v) is 6.32. The Morgan fingerprint density at radius 3 is 2.83 bits per heavy atom. The summed E-state index contributed by atoms with van der Waals surface area (Å²) in [7, 11) is 0. The molecule has 0 radical (unpaired) electrons. The van der Waals surface area contributed by atoms with Gasteiger partial charge in [-0.15, -0.1) is 0 Å². The van der Waals surface area contributed by atoms with Crippen molar-refractivity contribution in [2.45, 2.75) is 44.8 Å². The smallest absolute Gasteiger partial charge is 0.354 e. The summed E-state index contributed by atoms with van der Waals surface area (Å²) in [5.74, 6) is 0.455. The van der Waals surface area contributed by atoms with E-state index in [1.807, 2.05) is 4.90 Å². The van der Waals surface area contributed by atoms with E-state index in [0.29, 0.717) is 11.9 Å². The molecule has 0 aliphatic carbocycles. The minimum absolute atomic E-state index is 0.315. The first-order valence-electron chi connectivity index (χ1n) is 6.32. The molecule has 2 rings (SSSR count). The highest BCUT2D eigenvalue weighted by molar-refractivity contribution is 5.43. The average molecular weight is 258 g/mol. The Bertz CT molecular complexity index is 403. The van der Waals surface area contributed by atoms with Gasteiger partial charge < -0.3 is 4.90 Å². The van der Waals surface area contributed by atoms with Gasteiger partial charge in [-0.25, -0.2) is 4.98 Å². The van der Waals surface area contributed by atoms with Gasteiger partial charge in [0.15, 0.2) is 0 Å². The van der Waals surface area contributed by atoms with Crippen molar-refractivity contribution >= 4 is 5.82 Å². The molecule has 1 aromatic rings. The molecule has 0 bridgehead atoms. The Morgan fingerprint density at radius 1 is 1.39 bits per heavy atom. The van der Waals surface area contributed by atoms with E-state index in [1.54, 1.807) is 0 Å². The number of rotatable bonds is 2.